The number of benzene rings is 1. The molecule has 1 amide bonds. The maximum atomic E-state index is 12.0. The Hall–Kier alpha value is -1.07. The van der Waals surface area contributed by atoms with Gasteiger partial charge in [0.25, 0.3) is 0 Å². The van der Waals surface area contributed by atoms with Crippen molar-refractivity contribution < 1.29 is 9.53 Å². The number of hydrogen-bond acceptors (Lipinski definition) is 3. The van der Waals surface area contributed by atoms with E-state index in [1.54, 1.807) is 18.2 Å². The molecule has 3 N–H and O–H groups in total. The SMILES string of the molecule is CC1OCCC1C(=O)Nc1ccc(N)c(Br)c1. The van der Waals surface area contributed by atoms with Crippen LogP contribution in [0.15, 0.2) is 22.7 Å². The van der Waals surface area contributed by atoms with Crippen LogP contribution >= 0.6 is 15.9 Å². The Morgan fingerprint density at radius 2 is 2.35 bits per heavy atom. The molecule has 1 aliphatic heterocycles. The van der Waals surface area contributed by atoms with Gasteiger partial charge in [-0.05, 0) is 47.5 Å². The lowest BCUT2D eigenvalue weighted by Crippen LogP contribution is -2.27. The maximum Gasteiger partial charge on any atom is 0.230 e. The normalized spacial score (nSPS) is 23.6. The Balaban J connectivity index is 2.05. The van der Waals surface area contributed by atoms with E-state index < -0.39 is 0 Å². The number of nitrogen functional groups attached to an aromatic ring is 1. The van der Waals surface area contributed by atoms with Gasteiger partial charge in [-0.25, -0.2) is 0 Å². The third kappa shape index (κ3) is 2.79. The highest BCUT2D eigenvalue weighted by Gasteiger charge is 2.30. The van der Waals surface area contributed by atoms with Gasteiger partial charge in [-0.2, -0.15) is 0 Å². The zero-order valence-corrected chi connectivity index (χ0v) is 11.2. The molecule has 2 atom stereocenters. The van der Waals surface area contributed by atoms with Crippen molar-refractivity contribution in [3.8, 4) is 0 Å². The minimum atomic E-state index is -0.0636. The number of nitrogens with one attached hydrogen (secondary N) is 1. The number of rotatable bonds is 2. The van der Waals surface area contributed by atoms with Crippen molar-refractivity contribution in [2.24, 2.45) is 5.92 Å². The molecule has 0 aromatic heterocycles. The van der Waals surface area contributed by atoms with E-state index in [1.807, 2.05) is 6.92 Å². The molecule has 4 nitrogen and oxygen atoms in total. The van der Waals surface area contributed by atoms with Gasteiger partial charge in [-0.3, -0.25) is 4.79 Å². The van der Waals surface area contributed by atoms with Crippen molar-refractivity contribution in [3.05, 3.63) is 22.7 Å². The second-order valence-corrected chi connectivity index (χ2v) is 5.05. The lowest BCUT2D eigenvalue weighted by molar-refractivity contribution is -0.121. The average Bonchev–Trinajstić information content (AvgIpc) is 2.70. The lowest BCUT2D eigenvalue weighted by atomic mass is 10.0. The molecule has 1 aliphatic rings. The predicted molar refractivity (Wildman–Crippen MR) is 70.7 cm³/mol. The molecule has 0 radical (unpaired) electrons. The summed E-state index contributed by atoms with van der Waals surface area (Å²) in [7, 11) is 0. The van der Waals surface area contributed by atoms with Crippen molar-refractivity contribution in [3.63, 3.8) is 0 Å². The smallest absolute Gasteiger partial charge is 0.230 e. The molecule has 0 spiro atoms. The first-order valence-electron chi connectivity index (χ1n) is 5.55. The summed E-state index contributed by atoms with van der Waals surface area (Å²) in [6.07, 6.45) is 0.774. The summed E-state index contributed by atoms with van der Waals surface area (Å²) >= 11 is 3.33. The second kappa shape index (κ2) is 5.06. The summed E-state index contributed by atoms with van der Waals surface area (Å²) in [5.41, 5.74) is 7.08. The van der Waals surface area contributed by atoms with Crippen molar-refractivity contribution in [1.29, 1.82) is 0 Å². The molecule has 17 heavy (non-hydrogen) atoms. The van der Waals surface area contributed by atoms with Gasteiger partial charge in [0, 0.05) is 22.5 Å². The number of carbonyl (C=O) groups excluding carboxylic acids is 1. The van der Waals surface area contributed by atoms with Crippen molar-refractivity contribution >= 4 is 33.2 Å². The quantitative estimate of drug-likeness (QED) is 0.824. The molecule has 1 aromatic rings. The van der Waals surface area contributed by atoms with E-state index in [4.69, 9.17) is 10.5 Å². The topological polar surface area (TPSA) is 64.3 Å². The van der Waals surface area contributed by atoms with Crippen LogP contribution in [0.3, 0.4) is 0 Å². The largest absolute Gasteiger partial charge is 0.398 e. The molecule has 5 heteroatoms. The molecular weight excluding hydrogens is 284 g/mol. The molecule has 1 aromatic carbocycles. The van der Waals surface area contributed by atoms with Crippen molar-refractivity contribution in [2.75, 3.05) is 17.7 Å². The highest BCUT2D eigenvalue weighted by Crippen LogP contribution is 2.25. The first kappa shape index (κ1) is 12.4. The Kier molecular flexibility index (Phi) is 3.69. The first-order chi connectivity index (χ1) is 8.08. The fourth-order valence-electron chi connectivity index (χ4n) is 1.92. The summed E-state index contributed by atoms with van der Waals surface area (Å²) in [4.78, 5) is 12.0. The standard InChI is InChI=1S/C12H15BrN2O2/c1-7-9(4-5-17-7)12(16)15-8-2-3-11(14)10(13)6-8/h2-3,6-7,9H,4-5,14H2,1H3,(H,15,16). The number of ether oxygens (including phenoxy) is 1. The van der Waals surface area contributed by atoms with Gasteiger partial charge in [0.2, 0.25) is 5.91 Å². The Morgan fingerprint density at radius 3 is 2.94 bits per heavy atom. The van der Waals surface area contributed by atoms with Gasteiger partial charge in [0.15, 0.2) is 0 Å². The van der Waals surface area contributed by atoms with E-state index >= 15 is 0 Å². The van der Waals surface area contributed by atoms with E-state index in [9.17, 15) is 4.79 Å². The highest BCUT2D eigenvalue weighted by molar-refractivity contribution is 9.10. The molecule has 92 valence electrons. The Labute approximate surface area is 109 Å². The number of halogens is 1. The van der Waals surface area contributed by atoms with Crippen LogP contribution in [0.25, 0.3) is 0 Å². The monoisotopic (exact) mass is 298 g/mol. The molecular formula is C12H15BrN2O2. The van der Waals surface area contributed by atoms with Crippen LogP contribution in [-0.4, -0.2) is 18.6 Å². The van der Waals surface area contributed by atoms with Crippen LogP contribution in [0, 0.1) is 5.92 Å². The van der Waals surface area contributed by atoms with Crippen LogP contribution < -0.4 is 11.1 Å². The number of hydrogen-bond donors (Lipinski definition) is 2. The lowest BCUT2D eigenvalue weighted by Gasteiger charge is -2.14. The van der Waals surface area contributed by atoms with Gasteiger partial charge in [0.1, 0.15) is 0 Å². The molecule has 0 bridgehead atoms. The number of anilines is 2. The Morgan fingerprint density at radius 1 is 1.59 bits per heavy atom. The number of carbonyl (C=O) groups is 1. The minimum Gasteiger partial charge on any atom is -0.398 e. The van der Waals surface area contributed by atoms with Crippen LogP contribution in [-0.2, 0) is 9.53 Å². The second-order valence-electron chi connectivity index (χ2n) is 4.20. The van der Waals surface area contributed by atoms with E-state index in [1.165, 1.54) is 0 Å². The highest BCUT2D eigenvalue weighted by atomic mass is 79.9. The molecule has 1 heterocycles. The van der Waals surface area contributed by atoms with Crippen molar-refractivity contribution in [2.45, 2.75) is 19.4 Å². The van der Waals surface area contributed by atoms with Crippen LogP contribution in [0.4, 0.5) is 11.4 Å². The van der Waals surface area contributed by atoms with Crippen LogP contribution in [0.5, 0.6) is 0 Å². The van der Waals surface area contributed by atoms with E-state index in [0.717, 1.165) is 16.6 Å². The van der Waals surface area contributed by atoms with Crippen LogP contribution in [0.2, 0.25) is 0 Å². The van der Waals surface area contributed by atoms with Gasteiger partial charge < -0.3 is 15.8 Å². The number of amides is 1. The van der Waals surface area contributed by atoms with Crippen molar-refractivity contribution in [1.82, 2.24) is 0 Å². The van der Waals surface area contributed by atoms with Gasteiger partial charge in [-0.15, -0.1) is 0 Å². The third-order valence-corrected chi connectivity index (χ3v) is 3.67. The van der Waals surface area contributed by atoms with E-state index in [-0.39, 0.29) is 17.9 Å². The summed E-state index contributed by atoms with van der Waals surface area (Å²) in [5.74, 6) is -0.0574. The summed E-state index contributed by atoms with van der Waals surface area (Å²) in [6.45, 7) is 2.58. The molecule has 2 rings (SSSR count). The fraction of sp³-hybridized carbons (Fsp3) is 0.417. The average molecular weight is 299 g/mol. The van der Waals surface area contributed by atoms with E-state index in [2.05, 4.69) is 21.2 Å². The minimum absolute atomic E-state index is 0.00618. The molecule has 1 saturated heterocycles. The van der Waals surface area contributed by atoms with E-state index in [0.29, 0.717) is 12.3 Å². The van der Waals surface area contributed by atoms with Gasteiger partial charge >= 0.3 is 0 Å². The fourth-order valence-corrected chi connectivity index (χ4v) is 2.29. The summed E-state index contributed by atoms with van der Waals surface area (Å²) in [6, 6.07) is 5.35. The molecule has 0 saturated carbocycles. The maximum absolute atomic E-state index is 12.0. The van der Waals surface area contributed by atoms with Crippen LogP contribution in [0.1, 0.15) is 13.3 Å². The molecule has 0 aliphatic carbocycles. The molecule has 2 unspecified atom stereocenters. The Bertz CT molecular complexity index is 437. The summed E-state index contributed by atoms with van der Waals surface area (Å²) in [5, 5.41) is 2.88. The zero-order valence-electron chi connectivity index (χ0n) is 9.57. The number of nitrogens with two attached hydrogens (primary N) is 1. The molecule has 1 fully saturated rings. The van der Waals surface area contributed by atoms with Gasteiger partial charge in [0.05, 0.1) is 12.0 Å². The third-order valence-electron chi connectivity index (χ3n) is 2.98. The predicted octanol–water partition coefficient (Wildman–Crippen LogP) is 2.39. The first-order valence-corrected chi connectivity index (χ1v) is 6.34. The van der Waals surface area contributed by atoms with Gasteiger partial charge in [-0.1, -0.05) is 0 Å². The summed E-state index contributed by atoms with van der Waals surface area (Å²) < 4.78 is 6.16. The zero-order chi connectivity index (χ0) is 12.4.